The maximum Gasteiger partial charge on any atom is 0.231 e. The van der Waals surface area contributed by atoms with Gasteiger partial charge in [-0.1, -0.05) is 6.07 Å². The Morgan fingerprint density at radius 3 is 3.17 bits per heavy atom. The van der Waals surface area contributed by atoms with Gasteiger partial charge in [0, 0.05) is 12.6 Å². The van der Waals surface area contributed by atoms with Crippen molar-refractivity contribution >= 4 is 5.82 Å². The molecule has 1 aromatic heterocycles. The Labute approximate surface area is 104 Å². The van der Waals surface area contributed by atoms with E-state index in [0.29, 0.717) is 6.79 Å². The van der Waals surface area contributed by atoms with Gasteiger partial charge in [0.25, 0.3) is 0 Å². The minimum atomic E-state index is 0.269. The fourth-order valence-corrected chi connectivity index (χ4v) is 2.59. The van der Waals surface area contributed by atoms with Crippen molar-refractivity contribution in [1.29, 1.82) is 0 Å². The molecule has 2 aliphatic heterocycles. The minimum Gasteiger partial charge on any atom is -0.454 e. The zero-order valence-electron chi connectivity index (χ0n) is 9.80. The predicted molar refractivity (Wildman–Crippen MR) is 66.0 cm³/mol. The van der Waals surface area contributed by atoms with Gasteiger partial charge in [-0.25, -0.2) is 4.68 Å². The first-order valence-electron chi connectivity index (χ1n) is 6.09. The van der Waals surface area contributed by atoms with Gasteiger partial charge in [-0.15, -0.1) is 0 Å². The number of benzene rings is 1. The molecule has 3 heterocycles. The normalized spacial score (nSPS) is 20.3. The van der Waals surface area contributed by atoms with Crippen LogP contribution in [0.1, 0.15) is 18.0 Å². The fourth-order valence-electron chi connectivity index (χ4n) is 2.59. The first kappa shape index (κ1) is 9.82. The van der Waals surface area contributed by atoms with Crippen molar-refractivity contribution in [3.05, 3.63) is 36.0 Å². The average Bonchev–Trinajstić information content (AvgIpc) is 3.05. The lowest BCUT2D eigenvalue weighted by atomic mass is 10.0. The van der Waals surface area contributed by atoms with Crippen molar-refractivity contribution in [3.63, 3.8) is 0 Å². The number of nitrogens with zero attached hydrogens (tertiary/aromatic N) is 2. The molecule has 0 bridgehead atoms. The lowest BCUT2D eigenvalue weighted by molar-refractivity contribution is 0.174. The van der Waals surface area contributed by atoms with Gasteiger partial charge in [-0.3, -0.25) is 0 Å². The van der Waals surface area contributed by atoms with E-state index in [4.69, 9.17) is 9.47 Å². The molecule has 1 atom stereocenters. The van der Waals surface area contributed by atoms with Crippen LogP contribution in [0.15, 0.2) is 30.5 Å². The van der Waals surface area contributed by atoms with E-state index in [0.717, 1.165) is 30.3 Å². The molecule has 92 valence electrons. The second-order valence-corrected chi connectivity index (χ2v) is 4.50. The molecular weight excluding hydrogens is 230 g/mol. The molecule has 5 nitrogen and oxygen atoms in total. The van der Waals surface area contributed by atoms with E-state index in [1.807, 2.05) is 23.0 Å². The minimum absolute atomic E-state index is 0.269. The van der Waals surface area contributed by atoms with E-state index >= 15 is 0 Å². The van der Waals surface area contributed by atoms with Crippen molar-refractivity contribution < 1.29 is 9.47 Å². The lowest BCUT2D eigenvalue weighted by Crippen LogP contribution is -2.24. The highest BCUT2D eigenvalue weighted by molar-refractivity contribution is 5.47. The van der Waals surface area contributed by atoms with Gasteiger partial charge in [-0.05, 0) is 24.1 Å². The Morgan fingerprint density at radius 2 is 2.17 bits per heavy atom. The van der Waals surface area contributed by atoms with Crippen LogP contribution in [-0.2, 0) is 0 Å². The number of fused-ring (bicyclic) bond motifs is 2. The third-order valence-corrected chi connectivity index (χ3v) is 3.47. The second-order valence-electron chi connectivity index (χ2n) is 4.50. The van der Waals surface area contributed by atoms with Gasteiger partial charge in [0.2, 0.25) is 6.79 Å². The number of aromatic nitrogens is 2. The highest BCUT2D eigenvalue weighted by Crippen LogP contribution is 2.37. The zero-order valence-corrected chi connectivity index (χ0v) is 9.80. The first-order valence-corrected chi connectivity index (χ1v) is 6.09. The quantitative estimate of drug-likeness (QED) is 0.832. The van der Waals surface area contributed by atoms with Crippen molar-refractivity contribution in [1.82, 2.24) is 9.78 Å². The van der Waals surface area contributed by atoms with Crippen LogP contribution < -0.4 is 14.8 Å². The molecule has 18 heavy (non-hydrogen) atoms. The molecule has 0 saturated heterocycles. The molecule has 4 rings (SSSR count). The molecule has 1 unspecified atom stereocenters. The Hall–Kier alpha value is -2.17. The van der Waals surface area contributed by atoms with Crippen molar-refractivity contribution in [2.75, 3.05) is 18.7 Å². The number of ether oxygens (including phenoxy) is 2. The highest BCUT2D eigenvalue weighted by Gasteiger charge is 2.23. The van der Waals surface area contributed by atoms with E-state index in [-0.39, 0.29) is 6.04 Å². The largest absolute Gasteiger partial charge is 0.454 e. The van der Waals surface area contributed by atoms with Crippen LogP contribution in [0.5, 0.6) is 11.5 Å². The smallest absolute Gasteiger partial charge is 0.231 e. The summed E-state index contributed by atoms with van der Waals surface area (Å²) >= 11 is 0. The number of anilines is 1. The first-order chi connectivity index (χ1) is 8.92. The van der Waals surface area contributed by atoms with Crippen molar-refractivity contribution in [2.45, 2.75) is 12.5 Å². The molecule has 1 N–H and O–H groups in total. The molecule has 0 fully saturated rings. The molecule has 5 heteroatoms. The molecule has 1 aromatic carbocycles. The van der Waals surface area contributed by atoms with E-state index in [2.05, 4.69) is 22.5 Å². The van der Waals surface area contributed by atoms with Crippen LogP contribution in [-0.4, -0.2) is 23.1 Å². The van der Waals surface area contributed by atoms with Gasteiger partial charge < -0.3 is 14.8 Å². The summed E-state index contributed by atoms with van der Waals surface area (Å²) in [5, 5.41) is 7.73. The van der Waals surface area contributed by atoms with Gasteiger partial charge >= 0.3 is 0 Å². The van der Waals surface area contributed by atoms with Crippen LogP contribution >= 0.6 is 0 Å². The Morgan fingerprint density at radius 1 is 1.22 bits per heavy atom. The predicted octanol–water partition coefficient (Wildman–Crippen LogP) is 2.02. The fraction of sp³-hybridized carbons (Fsp3) is 0.308. The number of nitrogens with one attached hydrogen (secondary N) is 1. The van der Waals surface area contributed by atoms with Crippen LogP contribution in [0.4, 0.5) is 5.82 Å². The van der Waals surface area contributed by atoms with Crippen LogP contribution in [0.25, 0.3) is 0 Å². The summed E-state index contributed by atoms with van der Waals surface area (Å²) in [6, 6.07) is 8.39. The summed E-state index contributed by atoms with van der Waals surface area (Å²) in [6.45, 7) is 1.28. The SMILES string of the molecule is c1cc2n(n1)C(c1ccc3c(c1)OCO3)CCN2. The Kier molecular flexibility index (Phi) is 2.00. The molecular formula is C13H13N3O2. The molecule has 0 aliphatic carbocycles. The van der Waals surface area contributed by atoms with Gasteiger partial charge in [0.1, 0.15) is 5.82 Å². The Bertz CT molecular complexity index is 594. The molecule has 0 radical (unpaired) electrons. The summed E-state index contributed by atoms with van der Waals surface area (Å²) in [6.07, 6.45) is 2.85. The standard InChI is InChI=1S/C13H13N3O2/c1-2-11-12(18-8-17-11)7-9(1)10-3-5-14-13-4-6-15-16(10)13/h1-2,4,6-7,10,14H,3,5,8H2. The maximum atomic E-state index is 5.43. The summed E-state index contributed by atoms with van der Waals surface area (Å²) in [5.74, 6) is 2.73. The summed E-state index contributed by atoms with van der Waals surface area (Å²) in [5.41, 5.74) is 1.21. The zero-order chi connectivity index (χ0) is 11.9. The summed E-state index contributed by atoms with van der Waals surface area (Å²) in [4.78, 5) is 0. The van der Waals surface area contributed by atoms with E-state index in [1.54, 1.807) is 0 Å². The average molecular weight is 243 g/mol. The second kappa shape index (κ2) is 3.66. The van der Waals surface area contributed by atoms with E-state index < -0.39 is 0 Å². The molecule has 0 spiro atoms. The summed E-state index contributed by atoms with van der Waals surface area (Å²) < 4.78 is 12.8. The number of hydrogen-bond acceptors (Lipinski definition) is 4. The number of rotatable bonds is 1. The Balaban J connectivity index is 1.76. The lowest BCUT2D eigenvalue weighted by Gasteiger charge is -2.26. The van der Waals surface area contributed by atoms with E-state index in [9.17, 15) is 0 Å². The van der Waals surface area contributed by atoms with Gasteiger partial charge in [0.05, 0.1) is 12.2 Å². The topological polar surface area (TPSA) is 48.3 Å². The molecule has 0 amide bonds. The maximum absolute atomic E-state index is 5.43. The third-order valence-electron chi connectivity index (χ3n) is 3.47. The highest BCUT2D eigenvalue weighted by atomic mass is 16.7. The van der Waals surface area contributed by atoms with Crippen molar-refractivity contribution in [3.8, 4) is 11.5 Å². The summed E-state index contributed by atoms with van der Waals surface area (Å²) in [7, 11) is 0. The van der Waals surface area contributed by atoms with Crippen molar-refractivity contribution in [2.24, 2.45) is 0 Å². The number of hydrogen-bond donors (Lipinski definition) is 1. The van der Waals surface area contributed by atoms with Crippen LogP contribution in [0.2, 0.25) is 0 Å². The van der Waals surface area contributed by atoms with Gasteiger partial charge in [-0.2, -0.15) is 5.10 Å². The third kappa shape index (κ3) is 1.37. The van der Waals surface area contributed by atoms with E-state index in [1.165, 1.54) is 5.56 Å². The van der Waals surface area contributed by atoms with Crippen LogP contribution in [0, 0.1) is 0 Å². The van der Waals surface area contributed by atoms with Gasteiger partial charge in [0.15, 0.2) is 11.5 Å². The molecule has 2 aliphatic rings. The van der Waals surface area contributed by atoms with Crippen LogP contribution in [0.3, 0.4) is 0 Å². The monoisotopic (exact) mass is 243 g/mol. The molecule has 0 saturated carbocycles. The molecule has 2 aromatic rings.